The third-order valence-corrected chi connectivity index (χ3v) is 2.68. The first kappa shape index (κ1) is 12.1. The molecule has 0 aliphatic rings. The van der Waals surface area contributed by atoms with Crippen LogP contribution in [0.3, 0.4) is 0 Å². The van der Waals surface area contributed by atoms with Gasteiger partial charge in [0.2, 0.25) is 11.7 Å². The molecular weight excluding hydrogens is 230 g/mol. The Labute approximate surface area is 105 Å². The molecule has 1 N–H and O–H groups in total. The Kier molecular flexibility index (Phi) is 3.58. The Morgan fingerprint density at radius 3 is 2.78 bits per heavy atom. The fraction of sp³-hybridized carbons (Fsp3) is 0.308. The zero-order valence-electron chi connectivity index (χ0n) is 10.00. The van der Waals surface area contributed by atoms with Gasteiger partial charge in [0.15, 0.2) is 0 Å². The summed E-state index contributed by atoms with van der Waals surface area (Å²) in [6.07, 6.45) is 1.17. The number of benzene rings is 1. The van der Waals surface area contributed by atoms with Gasteiger partial charge in [-0.1, -0.05) is 12.1 Å². The highest BCUT2D eigenvalue weighted by Crippen LogP contribution is 2.23. The molecular formula is C13H13N3O2. The van der Waals surface area contributed by atoms with E-state index in [1.165, 1.54) is 0 Å². The van der Waals surface area contributed by atoms with E-state index in [0.717, 1.165) is 5.56 Å². The van der Waals surface area contributed by atoms with Crippen LogP contribution in [-0.4, -0.2) is 15.2 Å². The lowest BCUT2D eigenvalue weighted by Crippen LogP contribution is -1.93. The van der Waals surface area contributed by atoms with Gasteiger partial charge in [0.25, 0.3) is 0 Å². The lowest BCUT2D eigenvalue weighted by atomic mass is 10.1. The molecule has 2 rings (SSSR count). The number of hydrogen-bond acceptors (Lipinski definition) is 5. The summed E-state index contributed by atoms with van der Waals surface area (Å²) in [5.74, 6) is 1.30. The van der Waals surface area contributed by atoms with Gasteiger partial charge in [0, 0.05) is 17.9 Å². The first-order chi connectivity index (χ1) is 8.70. The number of phenols is 1. The van der Waals surface area contributed by atoms with Crippen molar-refractivity contribution < 1.29 is 9.63 Å². The van der Waals surface area contributed by atoms with Gasteiger partial charge in [-0.3, -0.25) is 0 Å². The van der Waals surface area contributed by atoms with E-state index in [-0.39, 0.29) is 11.7 Å². The monoisotopic (exact) mass is 243 g/mol. The molecule has 5 heteroatoms. The summed E-state index contributed by atoms with van der Waals surface area (Å²) in [6.45, 7) is 1.95. The summed E-state index contributed by atoms with van der Waals surface area (Å²) >= 11 is 0. The van der Waals surface area contributed by atoms with Gasteiger partial charge >= 0.3 is 0 Å². The van der Waals surface area contributed by atoms with Gasteiger partial charge in [-0.2, -0.15) is 10.2 Å². The van der Waals surface area contributed by atoms with Crippen LogP contribution in [0.4, 0.5) is 0 Å². The molecule has 0 fully saturated rings. The molecule has 5 nitrogen and oxygen atoms in total. The van der Waals surface area contributed by atoms with Crippen molar-refractivity contribution in [3.05, 3.63) is 30.2 Å². The summed E-state index contributed by atoms with van der Waals surface area (Å²) in [5, 5.41) is 21.6. The van der Waals surface area contributed by atoms with Crippen molar-refractivity contribution >= 4 is 0 Å². The van der Waals surface area contributed by atoms with Gasteiger partial charge in [-0.05, 0) is 30.7 Å². The minimum absolute atomic E-state index is 0.0722. The van der Waals surface area contributed by atoms with Crippen molar-refractivity contribution in [1.82, 2.24) is 10.1 Å². The fourth-order valence-corrected chi connectivity index (χ4v) is 1.57. The van der Waals surface area contributed by atoms with Crippen molar-refractivity contribution in [2.24, 2.45) is 0 Å². The maximum atomic E-state index is 9.20. The molecule has 18 heavy (non-hydrogen) atoms. The van der Waals surface area contributed by atoms with Crippen LogP contribution in [0.25, 0.3) is 11.4 Å². The highest BCUT2D eigenvalue weighted by molar-refractivity contribution is 5.55. The molecule has 0 radical (unpaired) electrons. The molecule has 0 aliphatic carbocycles. The number of nitriles is 1. The molecule has 1 unspecified atom stereocenters. The predicted molar refractivity (Wildman–Crippen MR) is 64.7 cm³/mol. The van der Waals surface area contributed by atoms with E-state index in [0.29, 0.717) is 24.6 Å². The molecule has 0 bridgehead atoms. The molecule has 1 aromatic carbocycles. The average molecular weight is 243 g/mol. The second-order valence-corrected chi connectivity index (χ2v) is 4.10. The van der Waals surface area contributed by atoms with Crippen LogP contribution in [0, 0.1) is 11.3 Å². The number of aromatic nitrogens is 2. The average Bonchev–Trinajstić information content (AvgIpc) is 2.86. The Balaban J connectivity index is 2.15. The lowest BCUT2D eigenvalue weighted by Gasteiger charge is -2.00. The van der Waals surface area contributed by atoms with E-state index in [9.17, 15) is 5.11 Å². The minimum Gasteiger partial charge on any atom is -0.508 e. The summed E-state index contributed by atoms with van der Waals surface area (Å²) in [7, 11) is 0. The van der Waals surface area contributed by atoms with Crippen molar-refractivity contribution in [3.8, 4) is 23.2 Å². The highest BCUT2D eigenvalue weighted by Gasteiger charge is 2.14. The SMILES string of the molecule is CC(CCC#N)c1nc(-c2ccc(O)cc2)no1. The van der Waals surface area contributed by atoms with Crippen molar-refractivity contribution in [1.29, 1.82) is 5.26 Å². The molecule has 2 aromatic rings. The third kappa shape index (κ3) is 2.66. The minimum atomic E-state index is 0.0722. The molecule has 0 saturated heterocycles. The van der Waals surface area contributed by atoms with Crippen LogP contribution in [0.15, 0.2) is 28.8 Å². The number of aromatic hydroxyl groups is 1. The normalized spacial score (nSPS) is 12.0. The standard InChI is InChI=1S/C13H13N3O2/c1-9(3-2-8-14)13-15-12(16-18-13)10-4-6-11(17)7-5-10/h4-7,9,17H,2-3H2,1H3. The Morgan fingerprint density at radius 2 is 2.11 bits per heavy atom. The number of hydrogen-bond donors (Lipinski definition) is 1. The van der Waals surface area contributed by atoms with Gasteiger partial charge in [-0.25, -0.2) is 0 Å². The van der Waals surface area contributed by atoms with E-state index in [1.54, 1.807) is 24.3 Å². The molecule has 0 aliphatic heterocycles. The van der Waals surface area contributed by atoms with Crippen molar-refractivity contribution in [2.45, 2.75) is 25.7 Å². The van der Waals surface area contributed by atoms with Crippen molar-refractivity contribution in [3.63, 3.8) is 0 Å². The second-order valence-electron chi connectivity index (χ2n) is 4.10. The van der Waals surface area contributed by atoms with E-state index in [4.69, 9.17) is 9.78 Å². The quantitative estimate of drug-likeness (QED) is 0.892. The van der Waals surface area contributed by atoms with Crippen LogP contribution in [0.5, 0.6) is 5.75 Å². The molecule has 0 amide bonds. The summed E-state index contributed by atoms with van der Waals surface area (Å²) < 4.78 is 5.18. The summed E-state index contributed by atoms with van der Waals surface area (Å²) in [5.41, 5.74) is 0.787. The van der Waals surface area contributed by atoms with E-state index in [2.05, 4.69) is 16.2 Å². The van der Waals surface area contributed by atoms with Crippen LogP contribution >= 0.6 is 0 Å². The Morgan fingerprint density at radius 1 is 1.39 bits per heavy atom. The van der Waals surface area contributed by atoms with Crippen LogP contribution in [0.1, 0.15) is 31.6 Å². The maximum Gasteiger partial charge on any atom is 0.229 e. The molecule has 0 saturated carbocycles. The Bertz CT molecular complexity index is 554. The molecule has 1 atom stereocenters. The zero-order chi connectivity index (χ0) is 13.0. The lowest BCUT2D eigenvalue weighted by molar-refractivity contribution is 0.355. The molecule has 0 spiro atoms. The number of phenolic OH excluding ortho intramolecular Hbond substituents is 1. The predicted octanol–water partition coefficient (Wildman–Crippen LogP) is 2.85. The topological polar surface area (TPSA) is 82.9 Å². The van der Waals surface area contributed by atoms with Crippen LogP contribution in [-0.2, 0) is 0 Å². The van der Waals surface area contributed by atoms with E-state index >= 15 is 0 Å². The zero-order valence-corrected chi connectivity index (χ0v) is 10.00. The second kappa shape index (κ2) is 5.32. The van der Waals surface area contributed by atoms with Gasteiger partial charge in [0.05, 0.1) is 6.07 Å². The first-order valence-corrected chi connectivity index (χ1v) is 5.70. The fourth-order valence-electron chi connectivity index (χ4n) is 1.57. The third-order valence-electron chi connectivity index (χ3n) is 2.68. The van der Waals surface area contributed by atoms with Crippen LogP contribution in [0.2, 0.25) is 0 Å². The van der Waals surface area contributed by atoms with Gasteiger partial charge < -0.3 is 9.63 Å². The van der Waals surface area contributed by atoms with Gasteiger partial charge in [-0.15, -0.1) is 0 Å². The first-order valence-electron chi connectivity index (χ1n) is 5.70. The van der Waals surface area contributed by atoms with E-state index in [1.807, 2.05) is 6.92 Å². The van der Waals surface area contributed by atoms with Crippen molar-refractivity contribution in [2.75, 3.05) is 0 Å². The molecule has 92 valence electrons. The summed E-state index contributed by atoms with van der Waals surface area (Å²) in [4.78, 5) is 4.29. The molecule has 1 aromatic heterocycles. The molecule has 1 heterocycles. The smallest absolute Gasteiger partial charge is 0.229 e. The van der Waals surface area contributed by atoms with E-state index < -0.39 is 0 Å². The number of nitrogens with zero attached hydrogens (tertiary/aromatic N) is 3. The summed E-state index contributed by atoms with van der Waals surface area (Å²) in [6, 6.07) is 8.70. The van der Waals surface area contributed by atoms with Crippen LogP contribution < -0.4 is 0 Å². The van der Waals surface area contributed by atoms with Gasteiger partial charge in [0.1, 0.15) is 5.75 Å². The Hall–Kier alpha value is -2.35. The largest absolute Gasteiger partial charge is 0.508 e. The number of rotatable bonds is 4. The highest BCUT2D eigenvalue weighted by atomic mass is 16.5. The maximum absolute atomic E-state index is 9.20.